The smallest absolute Gasteiger partial charge is 0.144 e. The van der Waals surface area contributed by atoms with Crippen molar-refractivity contribution in [2.24, 2.45) is 0 Å². The quantitative estimate of drug-likeness (QED) is 0.176. The normalized spacial score (nSPS) is 16.2. The van der Waals surface area contributed by atoms with Crippen LogP contribution in [0.25, 0.3) is 99.5 Å². The second kappa shape index (κ2) is 15.2. The maximum absolute atomic E-state index is 7.14. The summed E-state index contributed by atoms with van der Waals surface area (Å²) in [6.07, 6.45) is 0. The molecule has 0 radical (unpaired) electrons. The molecular weight excluding hydrogens is 959 g/mol. The van der Waals surface area contributed by atoms with E-state index in [9.17, 15) is 0 Å². The van der Waals surface area contributed by atoms with E-state index in [4.69, 9.17) is 8.83 Å². The van der Waals surface area contributed by atoms with Crippen LogP contribution in [0.2, 0.25) is 0 Å². The fourth-order valence-electron chi connectivity index (χ4n) is 15.8. The van der Waals surface area contributed by atoms with Gasteiger partial charge in [0.2, 0.25) is 0 Å². The van der Waals surface area contributed by atoms with Gasteiger partial charge in [0.1, 0.15) is 22.3 Å². The van der Waals surface area contributed by atoms with Crippen molar-refractivity contribution >= 4 is 60.9 Å². The SMILES string of the molecule is CC(C)(C)c1ccccc1-c1cc2c(c3c1oc1ccccc13)-c1ccc(N(c3ccc4c(c3)C(C)(C)c3c5c(c6c(oc7ccccc76)c3-4)-c3ccccc3C5(C)C)c3cccc4c3-c3ccccc3C4(C)C)cc1C2(C)C. The number of hydrogen-bond donors (Lipinski definition) is 0. The van der Waals surface area contributed by atoms with Gasteiger partial charge in [-0.05, 0) is 143 Å². The fraction of sp³-hybridized carbons (Fsp3) is 0.211. The number of rotatable bonds is 4. The van der Waals surface area contributed by atoms with Gasteiger partial charge >= 0.3 is 0 Å². The van der Waals surface area contributed by atoms with Crippen molar-refractivity contribution in [2.45, 2.75) is 103 Å². The molecular formula is C76H63NO2. The topological polar surface area (TPSA) is 29.5 Å². The Bertz CT molecular complexity index is 4710. The van der Waals surface area contributed by atoms with Crippen molar-refractivity contribution in [3.05, 3.63) is 232 Å². The number of furan rings is 2. The average Bonchev–Trinajstić information content (AvgIpc) is 2.01. The summed E-state index contributed by atoms with van der Waals surface area (Å²) in [5, 5.41) is 4.75. The highest BCUT2D eigenvalue weighted by Gasteiger charge is 2.49. The van der Waals surface area contributed by atoms with Crippen LogP contribution in [-0.4, -0.2) is 0 Å². The molecule has 2 aromatic heterocycles. The van der Waals surface area contributed by atoms with Crippen LogP contribution >= 0.6 is 0 Å². The summed E-state index contributed by atoms with van der Waals surface area (Å²) in [5.41, 5.74) is 30.8. The highest BCUT2D eigenvalue weighted by molar-refractivity contribution is 6.22. The Morgan fingerprint density at radius 3 is 1.47 bits per heavy atom. The van der Waals surface area contributed by atoms with Gasteiger partial charge in [0.05, 0.1) is 5.69 Å². The van der Waals surface area contributed by atoms with Crippen molar-refractivity contribution in [1.29, 1.82) is 0 Å². The molecule has 16 rings (SSSR count). The van der Waals surface area contributed by atoms with E-state index in [0.29, 0.717) is 0 Å². The standard InChI is InChI=1S/C76H63NO2/c1-72(2,3)52-28-17-12-23-44(52)51-41-58-63(65-49-26-15-20-33-60(49)78-70(51)65)47-37-35-42(39-56(47)74(58,6)7)77(59-32-22-31-55-62(59)45-24-13-18-29-53(45)73(55,4)5)43-36-38-48-57(40-43)76(10,11)69-67(48)71-66(50-27-16-21-34-61(50)79-71)64-46-25-14-19-30-54(46)75(8,9)68(64)69/h12-41H,1-11H3. The summed E-state index contributed by atoms with van der Waals surface area (Å²) in [7, 11) is 0. The molecule has 12 aromatic rings. The molecule has 4 aliphatic carbocycles. The molecule has 79 heavy (non-hydrogen) atoms. The number of fused-ring (bicyclic) bond motifs is 22. The Morgan fingerprint density at radius 2 is 0.810 bits per heavy atom. The van der Waals surface area contributed by atoms with Crippen molar-refractivity contribution < 1.29 is 8.83 Å². The molecule has 0 fully saturated rings. The van der Waals surface area contributed by atoms with Crippen molar-refractivity contribution in [2.75, 3.05) is 4.90 Å². The minimum absolute atomic E-state index is 0.0736. The van der Waals surface area contributed by atoms with Crippen LogP contribution in [-0.2, 0) is 27.1 Å². The van der Waals surface area contributed by atoms with Gasteiger partial charge in [0, 0.05) is 71.3 Å². The van der Waals surface area contributed by atoms with Gasteiger partial charge in [-0.1, -0.05) is 210 Å². The maximum Gasteiger partial charge on any atom is 0.144 e. The second-order valence-corrected chi connectivity index (χ2v) is 26.3. The fourth-order valence-corrected chi connectivity index (χ4v) is 15.8. The Labute approximate surface area is 463 Å². The molecule has 384 valence electrons. The minimum atomic E-state index is -0.375. The van der Waals surface area contributed by atoms with Gasteiger partial charge in [-0.25, -0.2) is 0 Å². The molecule has 0 amide bonds. The van der Waals surface area contributed by atoms with Crippen LogP contribution in [0.1, 0.15) is 126 Å². The van der Waals surface area contributed by atoms with E-state index in [1.807, 2.05) is 0 Å². The average molecular weight is 1020 g/mol. The summed E-state index contributed by atoms with van der Waals surface area (Å²) in [6.45, 7) is 26.4. The zero-order chi connectivity index (χ0) is 54.0. The third-order valence-electron chi connectivity index (χ3n) is 19.5. The van der Waals surface area contributed by atoms with Gasteiger partial charge in [-0.3, -0.25) is 0 Å². The van der Waals surface area contributed by atoms with Gasteiger partial charge < -0.3 is 13.7 Å². The molecule has 0 N–H and O–H groups in total. The monoisotopic (exact) mass is 1020 g/mol. The Kier molecular flexibility index (Phi) is 9.00. The summed E-state index contributed by atoms with van der Waals surface area (Å²) in [4.78, 5) is 2.59. The zero-order valence-corrected chi connectivity index (χ0v) is 47.1. The molecule has 0 atom stereocenters. The van der Waals surface area contributed by atoms with E-state index in [-0.39, 0.29) is 27.1 Å². The first-order valence-corrected chi connectivity index (χ1v) is 28.4. The zero-order valence-electron chi connectivity index (χ0n) is 47.1. The van der Waals surface area contributed by atoms with E-state index in [2.05, 4.69) is 263 Å². The second-order valence-electron chi connectivity index (χ2n) is 26.3. The van der Waals surface area contributed by atoms with Crippen LogP contribution in [0, 0.1) is 0 Å². The predicted octanol–water partition coefficient (Wildman–Crippen LogP) is 21.1. The number of para-hydroxylation sites is 2. The number of hydrogen-bond acceptors (Lipinski definition) is 3. The molecule has 0 saturated carbocycles. The van der Waals surface area contributed by atoms with Crippen molar-refractivity contribution in [3.63, 3.8) is 0 Å². The van der Waals surface area contributed by atoms with E-state index >= 15 is 0 Å². The summed E-state index contributed by atoms with van der Waals surface area (Å²) >= 11 is 0. The Morgan fingerprint density at radius 1 is 0.342 bits per heavy atom. The molecule has 2 heterocycles. The largest absolute Gasteiger partial charge is 0.455 e. The third-order valence-corrected chi connectivity index (χ3v) is 19.5. The molecule has 0 spiro atoms. The third kappa shape index (κ3) is 5.88. The lowest BCUT2D eigenvalue weighted by atomic mass is 9.72. The van der Waals surface area contributed by atoms with Crippen LogP contribution in [0.4, 0.5) is 17.1 Å². The molecule has 4 aliphatic rings. The van der Waals surface area contributed by atoms with Crippen molar-refractivity contribution in [3.8, 4) is 55.6 Å². The van der Waals surface area contributed by atoms with Crippen LogP contribution in [0.5, 0.6) is 0 Å². The van der Waals surface area contributed by atoms with Crippen LogP contribution in [0.15, 0.2) is 191 Å². The van der Waals surface area contributed by atoms with E-state index in [0.717, 1.165) is 44.7 Å². The lowest BCUT2D eigenvalue weighted by Gasteiger charge is -2.32. The molecule has 3 nitrogen and oxygen atoms in total. The molecule has 0 aliphatic heterocycles. The van der Waals surface area contributed by atoms with E-state index in [1.54, 1.807) is 0 Å². The molecule has 0 unspecified atom stereocenters. The molecule has 0 saturated heterocycles. The highest BCUT2D eigenvalue weighted by atomic mass is 16.3. The van der Waals surface area contributed by atoms with Crippen LogP contribution in [0.3, 0.4) is 0 Å². The summed E-state index contributed by atoms with van der Waals surface area (Å²) < 4.78 is 14.2. The predicted molar refractivity (Wildman–Crippen MR) is 330 cm³/mol. The first-order valence-electron chi connectivity index (χ1n) is 28.4. The molecule has 0 bridgehead atoms. The lowest BCUT2D eigenvalue weighted by Crippen LogP contribution is -2.24. The van der Waals surface area contributed by atoms with Crippen molar-refractivity contribution in [1.82, 2.24) is 0 Å². The van der Waals surface area contributed by atoms with E-state index in [1.165, 1.54) is 122 Å². The first kappa shape index (κ1) is 46.7. The highest BCUT2D eigenvalue weighted by Crippen LogP contribution is 2.65. The minimum Gasteiger partial charge on any atom is -0.455 e. The van der Waals surface area contributed by atoms with Gasteiger partial charge in [-0.15, -0.1) is 0 Å². The molecule has 3 heteroatoms. The number of nitrogens with zero attached hydrogens (tertiary/aromatic N) is 1. The summed E-state index contributed by atoms with van der Waals surface area (Å²) in [6, 6.07) is 68.6. The van der Waals surface area contributed by atoms with Gasteiger partial charge in [-0.2, -0.15) is 0 Å². The Hall–Kier alpha value is -8.40. The number of benzene rings is 10. The number of anilines is 3. The maximum atomic E-state index is 7.14. The van der Waals surface area contributed by atoms with Gasteiger partial charge in [0.25, 0.3) is 0 Å². The van der Waals surface area contributed by atoms with Gasteiger partial charge in [0.15, 0.2) is 0 Å². The molecule has 10 aromatic carbocycles. The lowest BCUT2D eigenvalue weighted by molar-refractivity contribution is 0.591. The Balaban J connectivity index is 0.949. The first-order chi connectivity index (χ1) is 37.9. The van der Waals surface area contributed by atoms with E-state index < -0.39 is 0 Å². The summed E-state index contributed by atoms with van der Waals surface area (Å²) in [5.74, 6) is 0. The van der Waals surface area contributed by atoms with Crippen LogP contribution < -0.4 is 4.90 Å².